The fourth-order valence-corrected chi connectivity index (χ4v) is 0.835. The van der Waals surface area contributed by atoms with Crippen LogP contribution in [0.4, 0.5) is 4.39 Å². The van der Waals surface area contributed by atoms with Gasteiger partial charge in [-0.15, -0.1) is 11.8 Å². The molecule has 0 saturated heterocycles. The molecule has 0 bridgehead atoms. The van der Waals surface area contributed by atoms with Gasteiger partial charge in [-0.3, -0.25) is 0 Å². The Kier molecular flexibility index (Phi) is 4.89. The molecule has 2 heteroatoms. The second-order valence-electron chi connectivity index (χ2n) is 2.64. The van der Waals surface area contributed by atoms with Crippen LogP contribution in [0.1, 0.15) is 33.1 Å². The van der Waals surface area contributed by atoms with Crippen LogP contribution in [0.2, 0.25) is 0 Å². The van der Waals surface area contributed by atoms with E-state index in [2.05, 4.69) is 11.8 Å². The van der Waals surface area contributed by atoms with E-state index < -0.39 is 5.67 Å². The molecule has 0 rings (SSSR count). The Morgan fingerprint density at radius 2 is 2.18 bits per heavy atom. The van der Waals surface area contributed by atoms with Crippen molar-refractivity contribution in [1.29, 1.82) is 0 Å². The number of nitrogens with two attached hydrogens (primary N) is 1. The predicted molar refractivity (Wildman–Crippen MR) is 45.9 cm³/mol. The van der Waals surface area contributed by atoms with Crippen LogP contribution in [0.25, 0.3) is 0 Å². The van der Waals surface area contributed by atoms with Crippen molar-refractivity contribution in [2.45, 2.75) is 38.8 Å². The number of hydrogen-bond donors (Lipinski definition) is 1. The molecule has 0 amide bonds. The number of hydrogen-bond acceptors (Lipinski definition) is 1. The molecule has 64 valence electrons. The lowest BCUT2D eigenvalue weighted by Gasteiger charge is -2.19. The van der Waals surface area contributed by atoms with Crippen molar-refractivity contribution < 1.29 is 4.39 Å². The lowest BCUT2D eigenvalue weighted by molar-refractivity contribution is 0.156. The zero-order valence-corrected chi connectivity index (χ0v) is 7.28. The highest BCUT2D eigenvalue weighted by Gasteiger charge is 2.23. The first-order valence-corrected chi connectivity index (χ1v) is 3.97. The van der Waals surface area contributed by atoms with Crippen molar-refractivity contribution in [1.82, 2.24) is 0 Å². The van der Waals surface area contributed by atoms with E-state index in [9.17, 15) is 4.39 Å². The van der Waals surface area contributed by atoms with E-state index in [1.807, 2.05) is 6.92 Å². The molecule has 0 fully saturated rings. The Balaban J connectivity index is 3.74. The summed E-state index contributed by atoms with van der Waals surface area (Å²) in [5, 5.41) is 0. The number of alkyl halides is 1. The third-order valence-corrected chi connectivity index (χ3v) is 1.87. The summed E-state index contributed by atoms with van der Waals surface area (Å²) >= 11 is 0. The highest BCUT2D eigenvalue weighted by Crippen LogP contribution is 2.20. The lowest BCUT2D eigenvalue weighted by atomic mass is 9.97. The monoisotopic (exact) mass is 157 g/mol. The lowest BCUT2D eigenvalue weighted by Crippen LogP contribution is -2.31. The van der Waals surface area contributed by atoms with Gasteiger partial charge in [-0.05, 0) is 19.8 Å². The first-order chi connectivity index (χ1) is 5.18. The summed E-state index contributed by atoms with van der Waals surface area (Å²) in [5.74, 6) is 5.56. The standard InChI is InChI=1S/C9H16FN/c1-3-5-6-7-9(10,4-2)8-11/h4,6-8,11H2,1-2H3. The van der Waals surface area contributed by atoms with Gasteiger partial charge in [-0.2, -0.15) is 0 Å². The second kappa shape index (κ2) is 5.15. The highest BCUT2D eigenvalue weighted by atomic mass is 19.1. The van der Waals surface area contributed by atoms with E-state index in [-0.39, 0.29) is 6.54 Å². The Morgan fingerprint density at radius 1 is 1.55 bits per heavy atom. The van der Waals surface area contributed by atoms with E-state index in [4.69, 9.17) is 5.73 Å². The second-order valence-corrected chi connectivity index (χ2v) is 2.64. The summed E-state index contributed by atoms with van der Waals surface area (Å²) in [6.07, 6.45) is 1.55. The van der Waals surface area contributed by atoms with Crippen LogP contribution in [0.5, 0.6) is 0 Å². The maximum Gasteiger partial charge on any atom is 0.123 e. The molecule has 0 aromatic heterocycles. The van der Waals surface area contributed by atoms with Crippen molar-refractivity contribution in [2.75, 3.05) is 6.54 Å². The third kappa shape index (κ3) is 4.00. The molecule has 0 aromatic carbocycles. The van der Waals surface area contributed by atoms with Gasteiger partial charge in [0.25, 0.3) is 0 Å². The van der Waals surface area contributed by atoms with Crippen molar-refractivity contribution >= 4 is 0 Å². The van der Waals surface area contributed by atoms with Crippen molar-refractivity contribution in [3.05, 3.63) is 0 Å². The number of rotatable bonds is 4. The maximum absolute atomic E-state index is 13.4. The minimum Gasteiger partial charge on any atom is -0.328 e. The Hall–Kier alpha value is -0.550. The minimum absolute atomic E-state index is 0.106. The SMILES string of the molecule is CC#CCCC(F)(CC)CN. The van der Waals surface area contributed by atoms with Crippen molar-refractivity contribution in [3.8, 4) is 11.8 Å². The third-order valence-electron chi connectivity index (χ3n) is 1.87. The van der Waals surface area contributed by atoms with E-state index in [1.54, 1.807) is 6.92 Å². The molecule has 0 aliphatic heterocycles. The Bertz CT molecular complexity index is 151. The van der Waals surface area contributed by atoms with Crippen LogP contribution in [-0.2, 0) is 0 Å². The summed E-state index contributed by atoms with van der Waals surface area (Å²) in [5.41, 5.74) is 4.09. The summed E-state index contributed by atoms with van der Waals surface area (Å²) in [4.78, 5) is 0. The zero-order chi connectivity index (χ0) is 8.74. The maximum atomic E-state index is 13.4. The molecule has 0 heterocycles. The van der Waals surface area contributed by atoms with E-state index in [0.29, 0.717) is 19.3 Å². The molecule has 1 atom stereocenters. The van der Waals surface area contributed by atoms with Crippen LogP contribution in [0, 0.1) is 11.8 Å². The average Bonchev–Trinajstić information content (AvgIpc) is 2.05. The summed E-state index contributed by atoms with van der Waals surface area (Å²) < 4.78 is 13.4. The van der Waals surface area contributed by atoms with E-state index >= 15 is 0 Å². The van der Waals surface area contributed by atoms with Crippen LogP contribution < -0.4 is 5.73 Å². The van der Waals surface area contributed by atoms with Gasteiger partial charge < -0.3 is 5.73 Å². The molecule has 0 saturated carbocycles. The fraction of sp³-hybridized carbons (Fsp3) is 0.778. The van der Waals surface area contributed by atoms with Gasteiger partial charge in [0, 0.05) is 13.0 Å². The molecule has 0 spiro atoms. The smallest absolute Gasteiger partial charge is 0.123 e. The summed E-state index contributed by atoms with van der Waals surface area (Å²) in [6, 6.07) is 0. The molecular weight excluding hydrogens is 141 g/mol. The highest BCUT2D eigenvalue weighted by molar-refractivity contribution is 4.97. The molecule has 0 aliphatic rings. The molecule has 0 aliphatic carbocycles. The van der Waals surface area contributed by atoms with E-state index in [1.165, 1.54) is 0 Å². The Morgan fingerprint density at radius 3 is 2.55 bits per heavy atom. The first kappa shape index (κ1) is 10.4. The summed E-state index contributed by atoms with van der Waals surface area (Å²) in [6.45, 7) is 3.68. The average molecular weight is 157 g/mol. The first-order valence-electron chi connectivity index (χ1n) is 3.97. The van der Waals surface area contributed by atoms with Crippen LogP contribution in [0.3, 0.4) is 0 Å². The molecule has 11 heavy (non-hydrogen) atoms. The quantitative estimate of drug-likeness (QED) is 0.619. The van der Waals surface area contributed by atoms with Gasteiger partial charge in [-0.1, -0.05) is 6.92 Å². The minimum atomic E-state index is -1.19. The fourth-order valence-electron chi connectivity index (χ4n) is 0.835. The van der Waals surface area contributed by atoms with E-state index in [0.717, 1.165) is 0 Å². The topological polar surface area (TPSA) is 26.0 Å². The molecule has 1 unspecified atom stereocenters. The summed E-state index contributed by atoms with van der Waals surface area (Å²) in [7, 11) is 0. The molecule has 2 N–H and O–H groups in total. The van der Waals surface area contributed by atoms with Crippen LogP contribution in [-0.4, -0.2) is 12.2 Å². The zero-order valence-electron chi connectivity index (χ0n) is 7.28. The predicted octanol–water partition coefficient (Wildman–Crippen LogP) is 1.87. The van der Waals surface area contributed by atoms with Crippen LogP contribution >= 0.6 is 0 Å². The van der Waals surface area contributed by atoms with Crippen molar-refractivity contribution in [3.63, 3.8) is 0 Å². The normalized spacial score (nSPS) is 14.9. The molecule has 0 aromatic rings. The van der Waals surface area contributed by atoms with Gasteiger partial charge in [0.05, 0.1) is 0 Å². The van der Waals surface area contributed by atoms with Gasteiger partial charge in [-0.25, -0.2) is 4.39 Å². The van der Waals surface area contributed by atoms with Crippen molar-refractivity contribution in [2.24, 2.45) is 5.73 Å². The molecular formula is C9H16FN. The van der Waals surface area contributed by atoms with Gasteiger partial charge in [0.1, 0.15) is 5.67 Å². The van der Waals surface area contributed by atoms with Gasteiger partial charge in [0.2, 0.25) is 0 Å². The largest absolute Gasteiger partial charge is 0.328 e. The molecule has 1 nitrogen and oxygen atoms in total. The van der Waals surface area contributed by atoms with Crippen LogP contribution in [0.15, 0.2) is 0 Å². The number of halogens is 1. The molecule has 0 radical (unpaired) electrons. The van der Waals surface area contributed by atoms with Gasteiger partial charge >= 0.3 is 0 Å². The van der Waals surface area contributed by atoms with Gasteiger partial charge in [0.15, 0.2) is 0 Å². The Labute approximate surface area is 68.2 Å².